The molecule has 2 aromatic rings. The molecule has 0 spiro atoms. The molecule has 0 bridgehead atoms. The van der Waals surface area contributed by atoms with E-state index in [2.05, 4.69) is 21.3 Å². The van der Waals surface area contributed by atoms with Crippen LogP contribution in [0, 0.1) is 5.21 Å². The Morgan fingerprint density at radius 3 is 2.81 bits per heavy atom. The Balaban J connectivity index is 1.37. The van der Waals surface area contributed by atoms with Crippen LogP contribution in [0.25, 0.3) is 11.6 Å². The number of carbonyl (C=O) groups is 2. The number of hydrogen-bond donors (Lipinski definition) is 2. The van der Waals surface area contributed by atoms with Gasteiger partial charge in [-0.05, 0) is 41.6 Å². The summed E-state index contributed by atoms with van der Waals surface area (Å²) in [6.07, 6.45) is 3.81. The summed E-state index contributed by atoms with van der Waals surface area (Å²) < 4.78 is 4.55. The molecule has 2 N–H and O–H groups in total. The quantitative estimate of drug-likeness (QED) is 0.421. The van der Waals surface area contributed by atoms with Crippen molar-refractivity contribution in [2.75, 3.05) is 43.9 Å². The standard InChI is InChI=1S/C22H24N4O4S/c27-21-19(11-17-9-16(12-23-17)13-25-3-6-30-7-4-25)18-10-15(1-2-20(18)24-21)14-26(29)5-8-31-22(26)28/h1-2,9-12,23H,3-8,13-14H2,(H,24,27)/b19-11-. The second-order valence-corrected chi connectivity index (χ2v) is 9.18. The number of nitrogens with zero attached hydrogens (tertiary/aromatic N) is 2. The van der Waals surface area contributed by atoms with Crippen LogP contribution in [-0.4, -0.2) is 64.3 Å². The molecule has 1 aromatic heterocycles. The number of benzene rings is 1. The van der Waals surface area contributed by atoms with Gasteiger partial charge in [0.15, 0.2) is 0 Å². The van der Waals surface area contributed by atoms with Crippen molar-refractivity contribution in [2.45, 2.75) is 13.1 Å². The molecule has 0 aliphatic carbocycles. The third kappa shape index (κ3) is 4.19. The molecule has 1 aromatic carbocycles. The van der Waals surface area contributed by atoms with Gasteiger partial charge in [-0.1, -0.05) is 6.07 Å². The number of hydroxylamine groups is 3. The number of aromatic amines is 1. The third-order valence-corrected chi connectivity index (χ3v) is 6.86. The first-order valence-electron chi connectivity index (χ1n) is 10.4. The van der Waals surface area contributed by atoms with E-state index < -0.39 is 4.65 Å². The van der Waals surface area contributed by atoms with Gasteiger partial charge in [-0.2, -0.15) is 0 Å². The number of hydrogen-bond acceptors (Lipinski definition) is 6. The van der Waals surface area contributed by atoms with Gasteiger partial charge < -0.3 is 20.2 Å². The van der Waals surface area contributed by atoms with Crippen LogP contribution in [0.1, 0.15) is 22.4 Å². The lowest BCUT2D eigenvalue weighted by Crippen LogP contribution is -2.41. The lowest BCUT2D eigenvalue weighted by atomic mass is 10.0. The van der Waals surface area contributed by atoms with Gasteiger partial charge in [-0.15, -0.1) is 0 Å². The number of anilines is 1. The molecule has 5 rings (SSSR count). The Kier molecular flexibility index (Phi) is 5.45. The van der Waals surface area contributed by atoms with E-state index in [1.165, 1.54) is 0 Å². The second-order valence-electron chi connectivity index (χ2n) is 8.13. The first kappa shape index (κ1) is 20.5. The Bertz CT molecular complexity index is 1060. The molecule has 0 saturated carbocycles. The van der Waals surface area contributed by atoms with Crippen LogP contribution in [0.3, 0.4) is 0 Å². The number of H-pyrrole nitrogens is 1. The maximum atomic E-state index is 12.8. The summed E-state index contributed by atoms with van der Waals surface area (Å²) in [4.78, 5) is 30.1. The van der Waals surface area contributed by atoms with Gasteiger partial charge in [-0.25, -0.2) is 4.79 Å². The summed E-state index contributed by atoms with van der Waals surface area (Å²) in [5.74, 6) is 0.383. The molecule has 3 aliphatic heterocycles. The molecule has 9 heteroatoms. The molecule has 31 heavy (non-hydrogen) atoms. The van der Waals surface area contributed by atoms with Crippen molar-refractivity contribution in [1.82, 2.24) is 9.88 Å². The molecule has 0 radical (unpaired) electrons. The van der Waals surface area contributed by atoms with Gasteiger partial charge >= 0.3 is 5.24 Å². The molecular formula is C22H24N4O4S. The first-order chi connectivity index (χ1) is 15.0. The number of nitrogens with one attached hydrogen (secondary N) is 2. The van der Waals surface area contributed by atoms with Gasteiger partial charge in [0, 0.05) is 48.3 Å². The predicted molar refractivity (Wildman–Crippen MR) is 120 cm³/mol. The van der Waals surface area contributed by atoms with Gasteiger partial charge in [0.25, 0.3) is 5.91 Å². The zero-order chi connectivity index (χ0) is 21.4. The normalized spacial score (nSPS) is 25.3. The van der Waals surface area contributed by atoms with E-state index in [4.69, 9.17) is 4.74 Å². The summed E-state index contributed by atoms with van der Waals surface area (Å²) >= 11 is 1.09. The number of morpholine rings is 1. The first-order valence-corrected chi connectivity index (χ1v) is 11.4. The zero-order valence-corrected chi connectivity index (χ0v) is 17.9. The summed E-state index contributed by atoms with van der Waals surface area (Å²) in [7, 11) is 0. The van der Waals surface area contributed by atoms with Gasteiger partial charge in [0.05, 0.1) is 31.1 Å². The van der Waals surface area contributed by atoms with Crippen molar-refractivity contribution in [3.8, 4) is 0 Å². The van der Waals surface area contributed by atoms with Crippen LogP contribution in [0.4, 0.5) is 10.5 Å². The van der Waals surface area contributed by atoms with Crippen LogP contribution in [0.15, 0.2) is 30.5 Å². The van der Waals surface area contributed by atoms with E-state index in [0.717, 1.165) is 72.7 Å². The molecule has 1 unspecified atom stereocenters. The van der Waals surface area contributed by atoms with Crippen molar-refractivity contribution in [1.29, 1.82) is 0 Å². The fraction of sp³-hybridized carbons (Fsp3) is 0.364. The highest BCUT2D eigenvalue weighted by molar-refractivity contribution is 8.13. The Hall–Kier alpha value is -2.43. The number of quaternary nitrogens is 1. The van der Waals surface area contributed by atoms with E-state index in [1.807, 2.05) is 30.5 Å². The minimum atomic E-state index is -0.842. The molecule has 8 nitrogen and oxygen atoms in total. The van der Waals surface area contributed by atoms with Crippen LogP contribution in [0.2, 0.25) is 0 Å². The minimum absolute atomic E-state index is 0.0901. The van der Waals surface area contributed by atoms with E-state index >= 15 is 0 Å². The van der Waals surface area contributed by atoms with Gasteiger partial charge in [0.2, 0.25) is 0 Å². The van der Waals surface area contributed by atoms with Crippen molar-refractivity contribution in [3.63, 3.8) is 0 Å². The number of amides is 2. The van der Waals surface area contributed by atoms with Crippen LogP contribution in [-0.2, 0) is 22.6 Å². The highest BCUT2D eigenvalue weighted by atomic mass is 32.2. The van der Waals surface area contributed by atoms with Crippen LogP contribution in [0.5, 0.6) is 0 Å². The molecule has 3 aliphatic rings. The summed E-state index contributed by atoms with van der Waals surface area (Å²) in [5, 5.41) is 15.3. The molecular weight excluding hydrogens is 416 g/mol. The fourth-order valence-corrected chi connectivity index (χ4v) is 5.16. The smallest absolute Gasteiger partial charge is 0.375 e. The third-order valence-electron chi connectivity index (χ3n) is 5.89. The largest absolute Gasteiger partial charge is 0.624 e. The maximum absolute atomic E-state index is 12.8. The minimum Gasteiger partial charge on any atom is -0.624 e. The van der Waals surface area contributed by atoms with Crippen molar-refractivity contribution < 1.29 is 19.0 Å². The topological polar surface area (TPSA) is 97.5 Å². The maximum Gasteiger partial charge on any atom is 0.375 e. The molecule has 1 atom stereocenters. The van der Waals surface area contributed by atoms with E-state index in [-0.39, 0.29) is 24.2 Å². The fourth-order valence-electron chi connectivity index (χ4n) is 4.21. The summed E-state index contributed by atoms with van der Waals surface area (Å²) in [6.45, 7) is 4.57. The number of thioether (sulfide) groups is 1. The number of carbonyl (C=O) groups excluding carboxylic acids is 2. The number of ether oxygens (including phenoxy) is 1. The van der Waals surface area contributed by atoms with E-state index in [9.17, 15) is 14.8 Å². The van der Waals surface area contributed by atoms with Crippen molar-refractivity contribution >= 4 is 40.2 Å². The van der Waals surface area contributed by atoms with E-state index in [1.54, 1.807) is 0 Å². The summed E-state index contributed by atoms with van der Waals surface area (Å²) in [5.41, 5.74) is 4.80. The summed E-state index contributed by atoms with van der Waals surface area (Å²) in [6, 6.07) is 7.52. The molecule has 2 saturated heterocycles. The van der Waals surface area contributed by atoms with Crippen LogP contribution >= 0.6 is 11.8 Å². The average molecular weight is 441 g/mol. The monoisotopic (exact) mass is 440 g/mol. The number of fused-ring (bicyclic) bond motifs is 1. The second kappa shape index (κ2) is 8.25. The molecule has 162 valence electrons. The highest BCUT2D eigenvalue weighted by Gasteiger charge is 2.35. The lowest BCUT2D eigenvalue weighted by molar-refractivity contribution is -0.800. The molecule has 4 heterocycles. The SMILES string of the molecule is O=C1Nc2ccc(C[N+]3([O-])CCSC3=O)cc2/C1=C/c1cc(CN2CCOCC2)c[nH]1. The number of aromatic nitrogens is 1. The van der Waals surface area contributed by atoms with Crippen molar-refractivity contribution in [2.24, 2.45) is 0 Å². The van der Waals surface area contributed by atoms with Gasteiger partial charge in [-0.3, -0.25) is 14.3 Å². The zero-order valence-electron chi connectivity index (χ0n) is 17.1. The highest BCUT2D eigenvalue weighted by Crippen LogP contribution is 2.35. The predicted octanol–water partition coefficient (Wildman–Crippen LogP) is 3.02. The van der Waals surface area contributed by atoms with Crippen molar-refractivity contribution in [3.05, 3.63) is 58.1 Å². The Morgan fingerprint density at radius 2 is 2.03 bits per heavy atom. The van der Waals surface area contributed by atoms with Crippen LogP contribution < -0.4 is 5.32 Å². The Morgan fingerprint density at radius 1 is 1.19 bits per heavy atom. The lowest BCUT2D eigenvalue weighted by Gasteiger charge is -2.34. The van der Waals surface area contributed by atoms with E-state index in [0.29, 0.717) is 11.3 Å². The van der Waals surface area contributed by atoms with Gasteiger partial charge in [0.1, 0.15) is 6.54 Å². The molecule has 2 amide bonds. The molecule has 2 fully saturated rings. The average Bonchev–Trinajstić information content (AvgIpc) is 3.42. The Labute approximate surface area is 184 Å². The number of rotatable bonds is 5.